The van der Waals surface area contributed by atoms with Gasteiger partial charge in [-0.25, -0.2) is 8.78 Å². The van der Waals surface area contributed by atoms with Crippen molar-refractivity contribution in [3.8, 4) is 0 Å². The van der Waals surface area contributed by atoms with Crippen molar-refractivity contribution >= 4 is 11.8 Å². The van der Waals surface area contributed by atoms with Crippen molar-refractivity contribution in [2.75, 3.05) is 6.54 Å². The zero-order chi connectivity index (χ0) is 10.1. The lowest BCUT2D eigenvalue weighted by atomic mass is 10.2. The number of halogens is 2. The lowest BCUT2D eigenvalue weighted by Gasteiger charge is -2.10. The molecule has 0 aliphatic carbocycles. The van der Waals surface area contributed by atoms with Crippen LogP contribution in [-0.4, -0.2) is 11.8 Å². The molecule has 1 aliphatic rings. The highest BCUT2D eigenvalue weighted by Crippen LogP contribution is 2.35. The predicted molar refractivity (Wildman–Crippen MR) is 54.2 cm³/mol. The minimum Gasteiger partial charge on any atom is -0.300 e. The SMILES string of the molecule is CC1CNC(c2cc(F)ccc2F)S1. The summed E-state index contributed by atoms with van der Waals surface area (Å²) in [5.41, 5.74) is 0.416. The molecule has 1 saturated heterocycles. The molecule has 2 atom stereocenters. The number of benzene rings is 1. The Hall–Kier alpha value is -0.610. The Labute approximate surface area is 85.9 Å². The molecule has 0 saturated carbocycles. The summed E-state index contributed by atoms with van der Waals surface area (Å²) in [7, 11) is 0. The van der Waals surface area contributed by atoms with Crippen LogP contribution in [0.3, 0.4) is 0 Å². The first-order chi connectivity index (χ1) is 6.66. The molecule has 0 amide bonds. The molecule has 0 spiro atoms. The van der Waals surface area contributed by atoms with Crippen LogP contribution in [-0.2, 0) is 0 Å². The summed E-state index contributed by atoms with van der Waals surface area (Å²) in [5, 5.41) is 3.48. The molecular formula is C10H11F2NS. The summed E-state index contributed by atoms with van der Waals surface area (Å²) < 4.78 is 26.2. The lowest BCUT2D eigenvalue weighted by Crippen LogP contribution is -2.15. The van der Waals surface area contributed by atoms with Gasteiger partial charge in [0.05, 0.1) is 5.37 Å². The van der Waals surface area contributed by atoms with Crippen molar-refractivity contribution in [1.82, 2.24) is 5.32 Å². The zero-order valence-corrected chi connectivity index (χ0v) is 8.57. The van der Waals surface area contributed by atoms with Gasteiger partial charge in [0.2, 0.25) is 0 Å². The van der Waals surface area contributed by atoms with E-state index in [4.69, 9.17) is 0 Å². The van der Waals surface area contributed by atoms with E-state index in [0.29, 0.717) is 10.8 Å². The molecule has 0 aromatic heterocycles. The van der Waals surface area contributed by atoms with Crippen LogP contribution in [0.25, 0.3) is 0 Å². The zero-order valence-electron chi connectivity index (χ0n) is 7.76. The Balaban J connectivity index is 2.27. The fourth-order valence-electron chi connectivity index (χ4n) is 1.50. The average molecular weight is 215 g/mol. The molecule has 0 radical (unpaired) electrons. The van der Waals surface area contributed by atoms with Crippen LogP contribution in [0.5, 0.6) is 0 Å². The van der Waals surface area contributed by atoms with Gasteiger partial charge in [0.15, 0.2) is 0 Å². The molecule has 14 heavy (non-hydrogen) atoms. The van der Waals surface area contributed by atoms with Crippen LogP contribution in [0, 0.1) is 11.6 Å². The molecule has 2 unspecified atom stereocenters. The second-order valence-corrected chi connectivity index (χ2v) is 4.95. The fraction of sp³-hybridized carbons (Fsp3) is 0.400. The van der Waals surface area contributed by atoms with E-state index in [1.807, 2.05) is 0 Å². The van der Waals surface area contributed by atoms with Crippen molar-refractivity contribution in [3.05, 3.63) is 35.4 Å². The number of thioether (sulfide) groups is 1. The molecule has 1 fully saturated rings. The standard InChI is InChI=1S/C10H11F2NS/c1-6-5-13-10(14-6)8-4-7(11)2-3-9(8)12/h2-4,6,10,13H,5H2,1H3. The summed E-state index contributed by atoms with van der Waals surface area (Å²) in [6.07, 6.45) is 0. The van der Waals surface area contributed by atoms with Crippen molar-refractivity contribution in [3.63, 3.8) is 0 Å². The molecule has 1 aromatic carbocycles. The van der Waals surface area contributed by atoms with E-state index in [1.54, 1.807) is 11.8 Å². The first kappa shape index (κ1) is 9.93. The minimum atomic E-state index is -0.386. The maximum Gasteiger partial charge on any atom is 0.129 e. The van der Waals surface area contributed by atoms with Crippen LogP contribution < -0.4 is 5.32 Å². The van der Waals surface area contributed by atoms with E-state index in [0.717, 1.165) is 12.6 Å². The normalized spacial score (nSPS) is 26.8. The molecule has 76 valence electrons. The molecule has 4 heteroatoms. The Kier molecular flexibility index (Phi) is 2.74. The van der Waals surface area contributed by atoms with E-state index >= 15 is 0 Å². The summed E-state index contributed by atoms with van der Waals surface area (Å²) in [6.45, 7) is 2.90. The first-order valence-corrected chi connectivity index (χ1v) is 5.45. The summed E-state index contributed by atoms with van der Waals surface area (Å²) >= 11 is 1.62. The summed E-state index contributed by atoms with van der Waals surface area (Å²) in [4.78, 5) is 0. The highest BCUT2D eigenvalue weighted by atomic mass is 32.2. The highest BCUT2D eigenvalue weighted by Gasteiger charge is 2.25. The number of hydrogen-bond donors (Lipinski definition) is 1. The van der Waals surface area contributed by atoms with Crippen molar-refractivity contribution in [2.24, 2.45) is 0 Å². The molecule has 1 N–H and O–H groups in total. The van der Waals surface area contributed by atoms with E-state index in [1.165, 1.54) is 12.1 Å². The van der Waals surface area contributed by atoms with Crippen molar-refractivity contribution in [1.29, 1.82) is 0 Å². The lowest BCUT2D eigenvalue weighted by molar-refractivity contribution is 0.572. The largest absolute Gasteiger partial charge is 0.300 e. The van der Waals surface area contributed by atoms with E-state index in [9.17, 15) is 8.78 Å². The Morgan fingerprint density at radius 2 is 2.21 bits per heavy atom. The molecular weight excluding hydrogens is 204 g/mol. The summed E-state index contributed by atoms with van der Waals surface area (Å²) in [6, 6.07) is 3.58. The minimum absolute atomic E-state index is 0.110. The molecule has 1 heterocycles. The van der Waals surface area contributed by atoms with E-state index in [2.05, 4.69) is 12.2 Å². The second kappa shape index (κ2) is 3.87. The van der Waals surface area contributed by atoms with Gasteiger partial charge in [0.1, 0.15) is 11.6 Å². The maximum absolute atomic E-state index is 13.3. The third kappa shape index (κ3) is 1.91. The van der Waals surface area contributed by atoms with Crippen molar-refractivity contribution < 1.29 is 8.78 Å². The average Bonchev–Trinajstić information content (AvgIpc) is 2.56. The van der Waals surface area contributed by atoms with Gasteiger partial charge in [-0.05, 0) is 18.2 Å². The Morgan fingerprint density at radius 1 is 1.43 bits per heavy atom. The van der Waals surface area contributed by atoms with Crippen LogP contribution in [0.4, 0.5) is 8.78 Å². The van der Waals surface area contributed by atoms with E-state index in [-0.39, 0.29) is 17.0 Å². The molecule has 2 rings (SSSR count). The number of rotatable bonds is 1. The topological polar surface area (TPSA) is 12.0 Å². The first-order valence-electron chi connectivity index (χ1n) is 4.50. The Bertz CT molecular complexity index is 343. The molecule has 0 bridgehead atoms. The number of hydrogen-bond acceptors (Lipinski definition) is 2. The third-order valence-corrected chi connectivity index (χ3v) is 3.52. The second-order valence-electron chi connectivity index (χ2n) is 3.40. The monoisotopic (exact) mass is 215 g/mol. The predicted octanol–water partition coefficient (Wildman–Crippen LogP) is 2.69. The quantitative estimate of drug-likeness (QED) is 0.773. The van der Waals surface area contributed by atoms with E-state index < -0.39 is 0 Å². The fourth-order valence-corrected chi connectivity index (χ4v) is 2.68. The van der Waals surface area contributed by atoms with Gasteiger partial charge in [-0.15, -0.1) is 11.8 Å². The third-order valence-electron chi connectivity index (χ3n) is 2.20. The van der Waals surface area contributed by atoms with Gasteiger partial charge in [-0.3, -0.25) is 0 Å². The molecule has 1 aliphatic heterocycles. The number of nitrogens with one attached hydrogen (secondary N) is 1. The van der Waals surface area contributed by atoms with Gasteiger partial charge in [-0.2, -0.15) is 0 Å². The van der Waals surface area contributed by atoms with Crippen molar-refractivity contribution in [2.45, 2.75) is 17.5 Å². The maximum atomic E-state index is 13.3. The highest BCUT2D eigenvalue weighted by molar-refractivity contribution is 8.00. The van der Waals surface area contributed by atoms with Gasteiger partial charge in [0.25, 0.3) is 0 Å². The van der Waals surface area contributed by atoms with Crippen LogP contribution in [0.2, 0.25) is 0 Å². The smallest absolute Gasteiger partial charge is 0.129 e. The van der Waals surface area contributed by atoms with Gasteiger partial charge < -0.3 is 5.32 Å². The van der Waals surface area contributed by atoms with Gasteiger partial charge in [0, 0.05) is 17.4 Å². The van der Waals surface area contributed by atoms with Crippen LogP contribution >= 0.6 is 11.8 Å². The molecule has 1 aromatic rings. The van der Waals surface area contributed by atoms with Gasteiger partial charge >= 0.3 is 0 Å². The van der Waals surface area contributed by atoms with Crippen LogP contribution in [0.1, 0.15) is 17.9 Å². The van der Waals surface area contributed by atoms with Crippen LogP contribution in [0.15, 0.2) is 18.2 Å². The van der Waals surface area contributed by atoms with Gasteiger partial charge in [-0.1, -0.05) is 6.92 Å². The Morgan fingerprint density at radius 3 is 2.86 bits per heavy atom. The summed E-state index contributed by atoms with van der Waals surface area (Å²) in [5.74, 6) is -0.728. The molecule has 1 nitrogen and oxygen atoms in total.